The fraction of sp³-hybridized carbons (Fsp3) is 0.500. The molecule has 0 aliphatic heterocycles. The minimum Gasteiger partial charge on any atom is -0.379 e. The van der Waals surface area contributed by atoms with E-state index in [2.05, 4.69) is 0 Å². The molecule has 0 unspecified atom stereocenters. The number of carbonyl (C=O) groups excluding carboxylic acids is 1. The highest BCUT2D eigenvalue weighted by atomic mass is 19.4. The molecule has 0 atom stereocenters. The molecule has 0 N–H and O–H groups in total. The zero-order chi connectivity index (χ0) is 14.7. The van der Waals surface area contributed by atoms with E-state index in [0.717, 1.165) is 12.1 Å². The van der Waals surface area contributed by atoms with Gasteiger partial charge in [-0.05, 0) is 32.4 Å². The van der Waals surface area contributed by atoms with E-state index in [4.69, 9.17) is 4.74 Å². The number of methoxy groups -OCH3 is 1. The van der Waals surface area contributed by atoms with E-state index in [0.29, 0.717) is 12.0 Å². The first-order valence-corrected chi connectivity index (χ1v) is 5.91. The second-order valence-electron chi connectivity index (χ2n) is 4.96. The standard InChI is InChI=1S/C14H17F3O2/c1-13(2,19-3)9-8-12(18)10-4-6-11(7-5-10)14(15,16)17/h4-7H,8-9H2,1-3H3. The molecule has 0 radical (unpaired) electrons. The Hall–Kier alpha value is -1.36. The van der Waals surface area contributed by atoms with E-state index >= 15 is 0 Å². The van der Waals surface area contributed by atoms with Gasteiger partial charge in [-0.15, -0.1) is 0 Å². The molecule has 0 spiro atoms. The molecule has 106 valence electrons. The lowest BCUT2D eigenvalue weighted by molar-refractivity contribution is -0.137. The van der Waals surface area contributed by atoms with Crippen LogP contribution in [0.1, 0.15) is 42.6 Å². The van der Waals surface area contributed by atoms with Crippen molar-refractivity contribution in [3.8, 4) is 0 Å². The SMILES string of the molecule is COC(C)(C)CCC(=O)c1ccc(C(F)(F)F)cc1. The summed E-state index contributed by atoms with van der Waals surface area (Å²) in [5.41, 5.74) is -0.872. The van der Waals surface area contributed by atoms with Gasteiger partial charge in [-0.1, -0.05) is 12.1 Å². The number of hydrogen-bond donors (Lipinski definition) is 0. The van der Waals surface area contributed by atoms with Gasteiger partial charge < -0.3 is 4.74 Å². The highest BCUT2D eigenvalue weighted by Gasteiger charge is 2.30. The van der Waals surface area contributed by atoms with Gasteiger partial charge in [-0.25, -0.2) is 0 Å². The molecule has 0 aliphatic carbocycles. The van der Waals surface area contributed by atoms with Gasteiger partial charge in [0.25, 0.3) is 0 Å². The van der Waals surface area contributed by atoms with Gasteiger partial charge in [0.2, 0.25) is 0 Å². The first-order valence-electron chi connectivity index (χ1n) is 5.91. The Morgan fingerprint density at radius 1 is 1.16 bits per heavy atom. The predicted octanol–water partition coefficient (Wildman–Crippen LogP) is 4.09. The summed E-state index contributed by atoms with van der Waals surface area (Å²) in [4.78, 5) is 11.8. The summed E-state index contributed by atoms with van der Waals surface area (Å²) in [6, 6.07) is 4.28. The highest BCUT2D eigenvalue weighted by molar-refractivity contribution is 5.96. The van der Waals surface area contributed by atoms with Gasteiger partial charge in [0, 0.05) is 19.1 Å². The lowest BCUT2D eigenvalue weighted by Gasteiger charge is -2.22. The van der Waals surface area contributed by atoms with Gasteiger partial charge >= 0.3 is 6.18 Å². The number of halogens is 3. The van der Waals surface area contributed by atoms with E-state index < -0.39 is 17.3 Å². The minimum atomic E-state index is -4.38. The second kappa shape index (κ2) is 5.74. The van der Waals surface area contributed by atoms with Crippen molar-refractivity contribution in [1.29, 1.82) is 0 Å². The van der Waals surface area contributed by atoms with E-state index in [9.17, 15) is 18.0 Å². The summed E-state index contributed by atoms with van der Waals surface area (Å²) in [5, 5.41) is 0. The van der Waals surface area contributed by atoms with Crippen molar-refractivity contribution in [3.05, 3.63) is 35.4 Å². The number of rotatable bonds is 5. The highest BCUT2D eigenvalue weighted by Crippen LogP contribution is 2.29. The monoisotopic (exact) mass is 274 g/mol. The van der Waals surface area contributed by atoms with Gasteiger partial charge in [-0.2, -0.15) is 13.2 Å². The van der Waals surface area contributed by atoms with Crippen LogP contribution in [0.3, 0.4) is 0 Å². The number of Topliss-reactive ketones (excluding diaryl/α,β-unsaturated/α-hetero) is 1. The molecular weight excluding hydrogens is 257 g/mol. The summed E-state index contributed by atoms with van der Waals surface area (Å²) in [7, 11) is 1.56. The predicted molar refractivity (Wildman–Crippen MR) is 66.1 cm³/mol. The van der Waals surface area contributed by atoms with E-state index in [-0.39, 0.29) is 12.2 Å². The van der Waals surface area contributed by atoms with Crippen LogP contribution in [0.25, 0.3) is 0 Å². The molecule has 2 nitrogen and oxygen atoms in total. The van der Waals surface area contributed by atoms with Crippen molar-refractivity contribution in [2.45, 2.75) is 38.5 Å². The number of carbonyl (C=O) groups is 1. The maximum absolute atomic E-state index is 12.4. The Bertz CT molecular complexity index is 433. The van der Waals surface area contributed by atoms with Crippen LogP contribution in [0.5, 0.6) is 0 Å². The molecule has 0 bridgehead atoms. The topological polar surface area (TPSA) is 26.3 Å². The normalized spacial score (nSPS) is 12.5. The van der Waals surface area contributed by atoms with Crippen molar-refractivity contribution in [2.75, 3.05) is 7.11 Å². The molecule has 0 aromatic heterocycles. The van der Waals surface area contributed by atoms with Crippen LogP contribution in [-0.2, 0) is 10.9 Å². The fourth-order valence-corrected chi connectivity index (χ4v) is 1.51. The number of ether oxygens (including phenoxy) is 1. The summed E-state index contributed by atoms with van der Waals surface area (Å²) < 4.78 is 42.3. The Morgan fingerprint density at radius 2 is 1.68 bits per heavy atom. The van der Waals surface area contributed by atoms with Crippen LogP contribution in [0.2, 0.25) is 0 Å². The first-order chi connectivity index (χ1) is 8.65. The molecule has 0 saturated heterocycles. The summed E-state index contributed by atoms with van der Waals surface area (Å²) >= 11 is 0. The molecular formula is C14H17F3O2. The van der Waals surface area contributed by atoms with Crippen LogP contribution in [-0.4, -0.2) is 18.5 Å². The lowest BCUT2D eigenvalue weighted by atomic mass is 9.97. The molecule has 0 fully saturated rings. The molecule has 19 heavy (non-hydrogen) atoms. The molecule has 5 heteroatoms. The van der Waals surface area contributed by atoms with Crippen molar-refractivity contribution in [2.24, 2.45) is 0 Å². The van der Waals surface area contributed by atoms with E-state index in [1.54, 1.807) is 7.11 Å². The number of hydrogen-bond acceptors (Lipinski definition) is 2. The molecule has 0 saturated carbocycles. The van der Waals surface area contributed by atoms with Gasteiger partial charge in [-0.3, -0.25) is 4.79 Å². The zero-order valence-corrected chi connectivity index (χ0v) is 11.2. The molecule has 0 amide bonds. The lowest BCUT2D eigenvalue weighted by Crippen LogP contribution is -2.23. The number of alkyl halides is 3. The molecule has 0 heterocycles. The average molecular weight is 274 g/mol. The third-order valence-electron chi connectivity index (χ3n) is 3.04. The summed E-state index contributed by atoms with van der Waals surface area (Å²) in [6.45, 7) is 3.71. The third-order valence-corrected chi connectivity index (χ3v) is 3.04. The van der Waals surface area contributed by atoms with Gasteiger partial charge in [0.15, 0.2) is 5.78 Å². The maximum Gasteiger partial charge on any atom is 0.416 e. The van der Waals surface area contributed by atoms with Crippen LogP contribution in [0, 0.1) is 0 Å². The smallest absolute Gasteiger partial charge is 0.379 e. The number of ketones is 1. The van der Waals surface area contributed by atoms with Crippen molar-refractivity contribution in [1.82, 2.24) is 0 Å². The van der Waals surface area contributed by atoms with E-state index in [1.165, 1.54) is 12.1 Å². The largest absolute Gasteiger partial charge is 0.416 e. The Kier molecular flexibility index (Phi) is 4.74. The van der Waals surface area contributed by atoms with Crippen LogP contribution in [0.15, 0.2) is 24.3 Å². The minimum absolute atomic E-state index is 0.182. The van der Waals surface area contributed by atoms with Crippen molar-refractivity contribution < 1.29 is 22.7 Å². The molecule has 1 aromatic carbocycles. The fourth-order valence-electron chi connectivity index (χ4n) is 1.51. The molecule has 0 aliphatic rings. The molecule has 1 rings (SSSR count). The first kappa shape index (κ1) is 15.7. The van der Waals surface area contributed by atoms with E-state index in [1.807, 2.05) is 13.8 Å². The summed E-state index contributed by atoms with van der Waals surface area (Å²) in [5.74, 6) is -0.182. The molecule has 1 aromatic rings. The van der Waals surface area contributed by atoms with Crippen molar-refractivity contribution >= 4 is 5.78 Å². The van der Waals surface area contributed by atoms with Gasteiger partial charge in [0.05, 0.1) is 11.2 Å². The zero-order valence-electron chi connectivity index (χ0n) is 11.2. The Morgan fingerprint density at radius 3 is 2.11 bits per heavy atom. The Labute approximate surface area is 110 Å². The van der Waals surface area contributed by atoms with Crippen LogP contribution < -0.4 is 0 Å². The Balaban J connectivity index is 2.69. The quantitative estimate of drug-likeness (QED) is 0.756. The van der Waals surface area contributed by atoms with Crippen LogP contribution in [0.4, 0.5) is 13.2 Å². The second-order valence-corrected chi connectivity index (χ2v) is 4.96. The summed E-state index contributed by atoms with van der Waals surface area (Å²) in [6.07, 6.45) is -3.62. The maximum atomic E-state index is 12.4. The van der Waals surface area contributed by atoms with Crippen molar-refractivity contribution in [3.63, 3.8) is 0 Å². The van der Waals surface area contributed by atoms with Crippen LogP contribution >= 0.6 is 0 Å². The average Bonchev–Trinajstić information content (AvgIpc) is 2.35. The van der Waals surface area contributed by atoms with Gasteiger partial charge in [0.1, 0.15) is 0 Å². The third kappa shape index (κ3) is 4.67. The number of benzene rings is 1.